The number of nitrogens with one attached hydrogen (secondary N) is 2. The van der Waals surface area contributed by atoms with Gasteiger partial charge in [0.2, 0.25) is 0 Å². The zero-order valence-corrected chi connectivity index (χ0v) is 20.1. The topological polar surface area (TPSA) is 170 Å². The molecule has 0 saturated carbocycles. The number of hydrogen-bond donors (Lipinski definition) is 2. The summed E-state index contributed by atoms with van der Waals surface area (Å²) >= 11 is 6.04. The van der Waals surface area contributed by atoms with E-state index in [0.717, 1.165) is 12.1 Å². The lowest BCUT2D eigenvalue weighted by molar-refractivity contribution is -0.385. The molecule has 1 heterocycles. The van der Waals surface area contributed by atoms with Crippen LogP contribution >= 0.6 is 11.6 Å². The fraction of sp³-hybridized carbons (Fsp3) is 0. The van der Waals surface area contributed by atoms with Gasteiger partial charge in [-0.1, -0.05) is 23.7 Å². The minimum Gasteiger partial charge on any atom is -0.455 e. The number of sulfonamides is 1. The minimum absolute atomic E-state index is 0.0384. The lowest BCUT2D eigenvalue weighted by Gasteiger charge is -2.12. The van der Waals surface area contributed by atoms with Gasteiger partial charge in [-0.25, -0.2) is 8.42 Å². The number of anilines is 2. The number of non-ortho nitro benzene ring substituents is 2. The van der Waals surface area contributed by atoms with Crippen molar-refractivity contribution in [3.8, 4) is 11.3 Å². The highest BCUT2D eigenvalue weighted by Crippen LogP contribution is 2.30. The third-order valence-corrected chi connectivity index (χ3v) is 6.68. The Bertz CT molecular complexity index is 1620. The summed E-state index contributed by atoms with van der Waals surface area (Å²) in [6, 6.07) is 18.4. The van der Waals surface area contributed by atoms with Crippen molar-refractivity contribution >= 4 is 50.6 Å². The number of furan rings is 1. The van der Waals surface area contributed by atoms with Crippen molar-refractivity contribution < 1.29 is 22.7 Å². The van der Waals surface area contributed by atoms with E-state index in [-0.39, 0.29) is 22.1 Å². The molecule has 3 aromatic carbocycles. The van der Waals surface area contributed by atoms with Gasteiger partial charge in [0.1, 0.15) is 16.4 Å². The Morgan fingerprint density at radius 3 is 2.22 bits per heavy atom. The number of halogens is 1. The molecular weight excluding hydrogens is 526 g/mol. The maximum atomic E-state index is 13.1. The number of nitrogens with zero attached hydrogens (tertiary/aromatic N) is 3. The first-order chi connectivity index (χ1) is 17.6. The van der Waals surface area contributed by atoms with Crippen LogP contribution in [0.1, 0.15) is 5.76 Å². The van der Waals surface area contributed by atoms with E-state index in [1.54, 1.807) is 24.3 Å². The van der Waals surface area contributed by atoms with Crippen LogP contribution in [-0.2, 0) is 10.0 Å². The summed E-state index contributed by atoms with van der Waals surface area (Å²) in [5.41, 5.74) is 2.73. The van der Waals surface area contributed by atoms with Gasteiger partial charge in [-0.15, -0.1) is 0 Å². The minimum atomic E-state index is -4.31. The Labute approximate surface area is 214 Å². The Hall–Kier alpha value is -4.75. The molecule has 188 valence electrons. The van der Waals surface area contributed by atoms with Crippen LogP contribution in [0.2, 0.25) is 5.02 Å². The number of nitro groups is 2. The fourth-order valence-electron chi connectivity index (χ4n) is 3.17. The van der Waals surface area contributed by atoms with E-state index in [0.29, 0.717) is 17.1 Å². The number of hydrazone groups is 1. The van der Waals surface area contributed by atoms with Crippen LogP contribution in [0.25, 0.3) is 11.3 Å². The molecule has 0 atom stereocenters. The Morgan fingerprint density at radius 2 is 1.54 bits per heavy atom. The molecule has 0 aliphatic heterocycles. The van der Waals surface area contributed by atoms with Crippen molar-refractivity contribution in [1.82, 2.24) is 0 Å². The van der Waals surface area contributed by atoms with E-state index in [9.17, 15) is 28.6 Å². The fourth-order valence-corrected chi connectivity index (χ4v) is 4.67. The Kier molecular flexibility index (Phi) is 7.18. The van der Waals surface area contributed by atoms with Gasteiger partial charge in [-0.3, -0.25) is 30.4 Å². The molecule has 0 fully saturated rings. The zero-order chi connectivity index (χ0) is 26.6. The normalized spacial score (nSPS) is 11.4. The van der Waals surface area contributed by atoms with E-state index < -0.39 is 30.5 Å². The summed E-state index contributed by atoms with van der Waals surface area (Å²) in [7, 11) is -4.31. The molecule has 0 saturated heterocycles. The lowest BCUT2D eigenvalue weighted by Crippen LogP contribution is -2.15. The molecule has 12 nitrogen and oxygen atoms in total. The Morgan fingerprint density at radius 1 is 0.865 bits per heavy atom. The van der Waals surface area contributed by atoms with Gasteiger partial charge in [0, 0.05) is 29.8 Å². The predicted molar refractivity (Wildman–Crippen MR) is 137 cm³/mol. The number of rotatable bonds is 9. The standard InChI is InChI=1S/C23H16ClN5O7S/c24-19-3-1-2-4-20(19)27-37(34,35)23-13-17(29(32)33)9-11-21(23)26-25-14-18-10-12-22(36-18)15-5-7-16(8-6-15)28(30)31/h1-14,26-27H/b25-14+. The molecule has 4 aromatic rings. The summed E-state index contributed by atoms with van der Waals surface area (Å²) in [5, 5.41) is 26.2. The highest BCUT2D eigenvalue weighted by Gasteiger charge is 2.23. The molecule has 0 bridgehead atoms. The van der Waals surface area contributed by atoms with Crippen LogP contribution in [0, 0.1) is 20.2 Å². The highest BCUT2D eigenvalue weighted by molar-refractivity contribution is 7.93. The summed E-state index contributed by atoms with van der Waals surface area (Å²) in [6.45, 7) is 0. The molecule has 1 aromatic heterocycles. The van der Waals surface area contributed by atoms with Gasteiger partial charge in [0.05, 0.1) is 32.5 Å². The molecule has 14 heteroatoms. The summed E-state index contributed by atoms with van der Waals surface area (Å²) in [5.74, 6) is 0.722. The first-order valence-corrected chi connectivity index (χ1v) is 12.2. The molecule has 37 heavy (non-hydrogen) atoms. The number of benzene rings is 3. The van der Waals surface area contributed by atoms with Crippen molar-refractivity contribution in [3.63, 3.8) is 0 Å². The molecule has 4 rings (SSSR count). The largest absolute Gasteiger partial charge is 0.455 e. The first kappa shape index (κ1) is 25.3. The van der Waals surface area contributed by atoms with Crippen molar-refractivity contribution in [1.29, 1.82) is 0 Å². The smallest absolute Gasteiger partial charge is 0.270 e. The van der Waals surface area contributed by atoms with Crippen LogP contribution in [0.5, 0.6) is 0 Å². The maximum Gasteiger partial charge on any atom is 0.270 e. The van der Waals surface area contributed by atoms with E-state index in [2.05, 4.69) is 15.2 Å². The highest BCUT2D eigenvalue weighted by atomic mass is 35.5. The molecule has 0 amide bonds. The second kappa shape index (κ2) is 10.5. The van der Waals surface area contributed by atoms with Gasteiger partial charge in [-0.2, -0.15) is 5.10 Å². The van der Waals surface area contributed by atoms with E-state index >= 15 is 0 Å². The van der Waals surface area contributed by atoms with Crippen molar-refractivity contribution in [2.24, 2.45) is 5.10 Å². The molecular formula is C23H16ClN5O7S. The molecule has 0 radical (unpaired) electrons. The lowest BCUT2D eigenvalue weighted by atomic mass is 10.1. The number of hydrogen-bond acceptors (Lipinski definition) is 9. The van der Waals surface area contributed by atoms with Crippen molar-refractivity contribution in [2.75, 3.05) is 10.1 Å². The van der Waals surface area contributed by atoms with Gasteiger partial charge in [-0.05, 0) is 42.5 Å². The van der Waals surface area contributed by atoms with E-state index in [4.69, 9.17) is 16.0 Å². The molecule has 0 unspecified atom stereocenters. The second-order valence-corrected chi connectivity index (χ2v) is 9.46. The third kappa shape index (κ3) is 5.91. The molecule has 0 aliphatic carbocycles. The Balaban J connectivity index is 1.57. The predicted octanol–water partition coefficient (Wildman–Crippen LogP) is 5.66. The van der Waals surface area contributed by atoms with Crippen molar-refractivity contribution in [2.45, 2.75) is 4.90 Å². The molecule has 0 aliphatic rings. The number of para-hydroxylation sites is 1. The van der Waals surface area contributed by atoms with Gasteiger partial charge < -0.3 is 4.42 Å². The quantitative estimate of drug-likeness (QED) is 0.155. The van der Waals surface area contributed by atoms with Crippen LogP contribution in [0.4, 0.5) is 22.7 Å². The molecule has 2 N–H and O–H groups in total. The van der Waals surface area contributed by atoms with Crippen LogP contribution < -0.4 is 10.1 Å². The number of nitro benzene ring substituents is 2. The van der Waals surface area contributed by atoms with Crippen LogP contribution in [-0.4, -0.2) is 24.5 Å². The summed E-state index contributed by atoms with van der Waals surface area (Å²) < 4.78 is 34.1. The first-order valence-electron chi connectivity index (χ1n) is 10.3. The average Bonchev–Trinajstić information content (AvgIpc) is 3.34. The summed E-state index contributed by atoms with van der Waals surface area (Å²) in [6.07, 6.45) is 1.27. The van der Waals surface area contributed by atoms with Gasteiger partial charge >= 0.3 is 0 Å². The zero-order valence-electron chi connectivity index (χ0n) is 18.6. The van der Waals surface area contributed by atoms with E-state index in [1.165, 1.54) is 48.7 Å². The van der Waals surface area contributed by atoms with Gasteiger partial charge in [0.15, 0.2) is 0 Å². The maximum absolute atomic E-state index is 13.1. The van der Waals surface area contributed by atoms with E-state index in [1.807, 2.05) is 0 Å². The molecule has 0 spiro atoms. The SMILES string of the molecule is O=[N+]([O-])c1ccc(-c2ccc(/C=N/Nc3ccc([N+](=O)[O-])cc3S(=O)(=O)Nc3ccccc3Cl)o2)cc1. The monoisotopic (exact) mass is 541 g/mol. The van der Waals surface area contributed by atoms with Gasteiger partial charge in [0.25, 0.3) is 21.4 Å². The van der Waals surface area contributed by atoms with Crippen LogP contribution in [0.3, 0.4) is 0 Å². The van der Waals surface area contributed by atoms with Crippen LogP contribution in [0.15, 0.2) is 93.3 Å². The second-order valence-electron chi connectivity index (χ2n) is 7.40. The average molecular weight is 542 g/mol. The van der Waals surface area contributed by atoms with Crippen molar-refractivity contribution in [3.05, 3.63) is 110 Å². The summed E-state index contributed by atoms with van der Waals surface area (Å²) in [4.78, 5) is 20.4. The third-order valence-electron chi connectivity index (χ3n) is 4.95.